The van der Waals surface area contributed by atoms with Crippen LogP contribution in [0.2, 0.25) is 0 Å². The van der Waals surface area contributed by atoms with E-state index in [1.807, 2.05) is 20.8 Å². The van der Waals surface area contributed by atoms with Gasteiger partial charge in [-0.15, -0.1) is 0 Å². The molecule has 1 heterocycles. The maximum absolute atomic E-state index is 11.5. The first-order valence-corrected chi connectivity index (χ1v) is 6.95. The molecule has 1 unspecified atom stereocenters. The van der Waals surface area contributed by atoms with Crippen molar-refractivity contribution in [1.29, 1.82) is 0 Å². The molecule has 0 bridgehead atoms. The van der Waals surface area contributed by atoms with Gasteiger partial charge in [0.05, 0.1) is 11.0 Å². The molecule has 1 aliphatic heterocycles. The predicted molar refractivity (Wildman–Crippen MR) is 59.3 cm³/mol. The monoisotopic (exact) mass is 233 g/mol. The first kappa shape index (κ1) is 12.5. The van der Waals surface area contributed by atoms with Crippen LogP contribution in [0.5, 0.6) is 0 Å². The molecular weight excluding hydrogens is 214 g/mol. The standard InChI is InChI=1S/C10H19NO3S/c1-10(2,3)9(12)11-7-8-5-4-6-15(8,13)14/h8H,4-7H2,1-3H3,(H,11,12). The summed E-state index contributed by atoms with van der Waals surface area (Å²) in [6.07, 6.45) is 1.39. The Morgan fingerprint density at radius 2 is 2.00 bits per heavy atom. The zero-order chi connectivity index (χ0) is 11.7. The average molecular weight is 233 g/mol. The van der Waals surface area contributed by atoms with Crippen LogP contribution < -0.4 is 5.32 Å². The second-order valence-electron chi connectivity index (χ2n) is 5.09. The quantitative estimate of drug-likeness (QED) is 0.764. The SMILES string of the molecule is CC(C)(C)C(=O)NCC1CCCS1(=O)=O. The Labute approximate surface area is 91.4 Å². The van der Waals surface area contributed by atoms with E-state index in [0.717, 1.165) is 6.42 Å². The maximum Gasteiger partial charge on any atom is 0.225 e. The molecule has 0 aromatic rings. The lowest BCUT2D eigenvalue weighted by Crippen LogP contribution is -2.40. The van der Waals surface area contributed by atoms with E-state index in [2.05, 4.69) is 5.32 Å². The summed E-state index contributed by atoms with van der Waals surface area (Å²) in [6.45, 7) is 5.70. The molecule has 0 saturated carbocycles. The number of hydrogen-bond acceptors (Lipinski definition) is 3. The molecule has 1 rings (SSSR count). The molecule has 1 amide bonds. The van der Waals surface area contributed by atoms with Crippen LogP contribution in [0.4, 0.5) is 0 Å². The van der Waals surface area contributed by atoms with Crippen LogP contribution in [-0.4, -0.2) is 31.9 Å². The molecule has 5 heteroatoms. The summed E-state index contributed by atoms with van der Waals surface area (Å²) in [5.74, 6) is 0.174. The molecule has 0 spiro atoms. The van der Waals surface area contributed by atoms with Gasteiger partial charge in [0.2, 0.25) is 5.91 Å². The summed E-state index contributed by atoms with van der Waals surface area (Å²) in [5, 5.41) is 2.33. The number of amides is 1. The molecule has 1 saturated heterocycles. The third-order valence-electron chi connectivity index (χ3n) is 2.63. The van der Waals surface area contributed by atoms with Crippen LogP contribution in [0.15, 0.2) is 0 Å². The number of sulfone groups is 1. The van der Waals surface area contributed by atoms with Gasteiger partial charge in [-0.05, 0) is 12.8 Å². The normalized spacial score (nSPS) is 25.1. The minimum absolute atomic E-state index is 0.0930. The zero-order valence-electron chi connectivity index (χ0n) is 9.54. The molecular formula is C10H19NO3S. The van der Waals surface area contributed by atoms with E-state index >= 15 is 0 Å². The fourth-order valence-electron chi connectivity index (χ4n) is 1.56. The van der Waals surface area contributed by atoms with Crippen LogP contribution >= 0.6 is 0 Å². The van der Waals surface area contributed by atoms with Crippen LogP contribution in [0.25, 0.3) is 0 Å². The number of hydrogen-bond donors (Lipinski definition) is 1. The van der Waals surface area contributed by atoms with Crippen molar-refractivity contribution in [2.75, 3.05) is 12.3 Å². The molecule has 88 valence electrons. The summed E-state index contributed by atoms with van der Waals surface area (Å²) in [5.41, 5.74) is -0.456. The summed E-state index contributed by atoms with van der Waals surface area (Å²) in [6, 6.07) is 0. The van der Waals surface area contributed by atoms with Crippen LogP contribution in [0.3, 0.4) is 0 Å². The van der Waals surface area contributed by atoms with Gasteiger partial charge in [0, 0.05) is 12.0 Å². The highest BCUT2D eigenvalue weighted by molar-refractivity contribution is 7.92. The smallest absolute Gasteiger partial charge is 0.225 e. The van der Waals surface area contributed by atoms with Gasteiger partial charge in [0.1, 0.15) is 0 Å². The molecule has 4 nitrogen and oxygen atoms in total. The van der Waals surface area contributed by atoms with E-state index in [9.17, 15) is 13.2 Å². The second-order valence-corrected chi connectivity index (χ2v) is 7.49. The Morgan fingerprint density at radius 1 is 1.40 bits per heavy atom. The van der Waals surface area contributed by atoms with Gasteiger partial charge in [-0.3, -0.25) is 4.79 Å². The van der Waals surface area contributed by atoms with E-state index in [0.29, 0.717) is 6.42 Å². The van der Waals surface area contributed by atoms with E-state index in [1.165, 1.54) is 0 Å². The summed E-state index contributed by atoms with van der Waals surface area (Å²) < 4.78 is 22.9. The molecule has 1 N–H and O–H groups in total. The topological polar surface area (TPSA) is 63.2 Å². The maximum atomic E-state index is 11.5. The summed E-state index contributed by atoms with van der Waals surface area (Å²) in [7, 11) is -2.94. The molecule has 0 aromatic carbocycles. The summed E-state index contributed by atoms with van der Waals surface area (Å²) in [4.78, 5) is 11.5. The minimum Gasteiger partial charge on any atom is -0.354 e. The largest absolute Gasteiger partial charge is 0.354 e. The lowest BCUT2D eigenvalue weighted by molar-refractivity contribution is -0.128. The second kappa shape index (κ2) is 4.12. The first-order chi connectivity index (χ1) is 6.73. The molecule has 0 radical (unpaired) electrons. The minimum atomic E-state index is -2.94. The number of carbonyl (C=O) groups is 1. The van der Waals surface area contributed by atoms with Gasteiger partial charge in [-0.1, -0.05) is 20.8 Å². The Morgan fingerprint density at radius 3 is 2.40 bits per heavy atom. The van der Waals surface area contributed by atoms with Crippen molar-refractivity contribution in [1.82, 2.24) is 5.32 Å². The van der Waals surface area contributed by atoms with Crippen molar-refractivity contribution < 1.29 is 13.2 Å². The van der Waals surface area contributed by atoms with Crippen molar-refractivity contribution >= 4 is 15.7 Å². The van der Waals surface area contributed by atoms with Gasteiger partial charge in [0.15, 0.2) is 9.84 Å². The third-order valence-corrected chi connectivity index (χ3v) is 4.91. The van der Waals surface area contributed by atoms with E-state index in [1.54, 1.807) is 0 Å². The average Bonchev–Trinajstić information content (AvgIpc) is 2.39. The highest BCUT2D eigenvalue weighted by Gasteiger charge is 2.32. The lowest BCUT2D eigenvalue weighted by Gasteiger charge is -2.19. The van der Waals surface area contributed by atoms with Crippen molar-refractivity contribution in [3.63, 3.8) is 0 Å². The molecule has 1 aliphatic rings. The summed E-state index contributed by atoms with van der Waals surface area (Å²) >= 11 is 0. The van der Waals surface area contributed by atoms with Gasteiger partial charge >= 0.3 is 0 Å². The number of carbonyl (C=O) groups excluding carboxylic acids is 1. The van der Waals surface area contributed by atoms with Gasteiger partial charge < -0.3 is 5.32 Å². The lowest BCUT2D eigenvalue weighted by atomic mass is 9.96. The predicted octanol–water partition coefficient (Wildman–Crippen LogP) is 0.726. The highest BCUT2D eigenvalue weighted by atomic mass is 32.2. The first-order valence-electron chi connectivity index (χ1n) is 5.23. The fraction of sp³-hybridized carbons (Fsp3) is 0.900. The van der Waals surface area contributed by atoms with Crippen molar-refractivity contribution in [2.45, 2.75) is 38.9 Å². The Hall–Kier alpha value is -0.580. The van der Waals surface area contributed by atoms with Crippen LogP contribution in [-0.2, 0) is 14.6 Å². The van der Waals surface area contributed by atoms with E-state index in [4.69, 9.17) is 0 Å². The van der Waals surface area contributed by atoms with Crippen LogP contribution in [0.1, 0.15) is 33.6 Å². The van der Waals surface area contributed by atoms with Crippen LogP contribution in [0, 0.1) is 5.41 Å². The van der Waals surface area contributed by atoms with Gasteiger partial charge in [-0.25, -0.2) is 8.42 Å². The molecule has 1 atom stereocenters. The van der Waals surface area contributed by atoms with Gasteiger partial charge in [-0.2, -0.15) is 0 Å². The van der Waals surface area contributed by atoms with E-state index < -0.39 is 15.3 Å². The van der Waals surface area contributed by atoms with Crippen molar-refractivity contribution in [3.05, 3.63) is 0 Å². The zero-order valence-corrected chi connectivity index (χ0v) is 10.4. The number of nitrogens with one attached hydrogen (secondary N) is 1. The highest BCUT2D eigenvalue weighted by Crippen LogP contribution is 2.20. The van der Waals surface area contributed by atoms with Gasteiger partial charge in [0.25, 0.3) is 0 Å². The fourth-order valence-corrected chi connectivity index (χ4v) is 3.32. The Balaban J connectivity index is 2.48. The van der Waals surface area contributed by atoms with Crippen molar-refractivity contribution in [3.8, 4) is 0 Å². The molecule has 0 aromatic heterocycles. The Bertz CT molecular complexity index is 340. The third kappa shape index (κ3) is 3.19. The molecule has 0 aliphatic carbocycles. The molecule has 1 fully saturated rings. The number of rotatable bonds is 2. The molecule has 15 heavy (non-hydrogen) atoms. The van der Waals surface area contributed by atoms with E-state index in [-0.39, 0.29) is 23.5 Å². The van der Waals surface area contributed by atoms with Crippen molar-refractivity contribution in [2.24, 2.45) is 5.41 Å². The Kier molecular flexibility index (Phi) is 3.43.